The Bertz CT molecular complexity index is 2340. The SMILES string of the molecule is O=C(NCCCCC1CCN(C(=O)c2cccc(F)c2F)CC1)c1cc2ccncc2s1.O=C(NCCCCC1CN(C(=O)c2ccccc2)C1)c1cc2cnccc2[nH]1. The second kappa shape index (κ2) is 20.3. The van der Waals surface area contributed by atoms with Crippen LogP contribution in [0, 0.1) is 23.5 Å². The number of fused-ring (bicyclic) bond motifs is 2. The van der Waals surface area contributed by atoms with Crippen LogP contribution in [0.4, 0.5) is 8.78 Å². The normalized spacial score (nSPS) is 14.4. The largest absolute Gasteiger partial charge is 0.351 e. The minimum Gasteiger partial charge on any atom is -0.351 e. The van der Waals surface area contributed by atoms with Crippen LogP contribution in [0.5, 0.6) is 0 Å². The Morgan fingerprint density at radius 3 is 2.15 bits per heavy atom. The molecule has 6 heterocycles. The van der Waals surface area contributed by atoms with E-state index in [1.165, 1.54) is 23.5 Å². The van der Waals surface area contributed by atoms with E-state index in [1.807, 2.05) is 59.5 Å². The molecule has 6 aromatic rings. The van der Waals surface area contributed by atoms with E-state index in [9.17, 15) is 28.0 Å². The smallest absolute Gasteiger partial charge is 0.267 e. The molecule has 3 N–H and O–H groups in total. The fourth-order valence-electron chi connectivity index (χ4n) is 7.74. The molecular formula is C46H49F2N7O4S. The van der Waals surface area contributed by atoms with Crippen LogP contribution in [0.3, 0.4) is 0 Å². The monoisotopic (exact) mass is 833 g/mol. The zero-order valence-corrected chi connectivity index (χ0v) is 34.2. The highest BCUT2D eigenvalue weighted by molar-refractivity contribution is 7.20. The number of hydrogen-bond acceptors (Lipinski definition) is 7. The van der Waals surface area contributed by atoms with Gasteiger partial charge < -0.3 is 25.4 Å². The van der Waals surface area contributed by atoms with Crippen molar-refractivity contribution in [3.63, 3.8) is 0 Å². The summed E-state index contributed by atoms with van der Waals surface area (Å²) in [4.78, 5) is 64.8. The van der Waals surface area contributed by atoms with Crippen LogP contribution in [0.2, 0.25) is 0 Å². The van der Waals surface area contributed by atoms with Crippen molar-refractivity contribution < 1.29 is 28.0 Å². The number of amides is 4. The molecule has 0 saturated carbocycles. The van der Waals surface area contributed by atoms with E-state index in [2.05, 4.69) is 25.6 Å². The number of carbonyl (C=O) groups excluding carboxylic acids is 4. The third-order valence-electron chi connectivity index (χ3n) is 11.2. The lowest BCUT2D eigenvalue weighted by atomic mass is 9.91. The van der Waals surface area contributed by atoms with Crippen LogP contribution in [0.15, 0.2) is 97.6 Å². The van der Waals surface area contributed by atoms with Gasteiger partial charge in [-0.1, -0.05) is 43.5 Å². The first-order chi connectivity index (χ1) is 29.2. The minimum atomic E-state index is -1.08. The van der Waals surface area contributed by atoms with Crippen molar-refractivity contribution in [2.45, 2.75) is 51.4 Å². The van der Waals surface area contributed by atoms with Crippen LogP contribution in [0.1, 0.15) is 92.2 Å². The molecule has 11 nitrogen and oxygen atoms in total. The predicted molar refractivity (Wildman–Crippen MR) is 229 cm³/mol. The van der Waals surface area contributed by atoms with Crippen molar-refractivity contribution >= 4 is 56.0 Å². The number of aromatic amines is 1. The standard InChI is InChI=1S/C24H25F2N3O2S.C22H24N4O2/c25-19-6-3-5-18(22(19)26)24(31)29-12-8-16(9-13-29)4-1-2-10-28-23(30)20-14-17-7-11-27-15-21(17)32-20;27-21(20-12-18-13-23-11-9-19(18)25-20)24-10-5-4-6-16-14-26(15-16)22(28)17-7-2-1-3-8-17/h3,5-7,11,14-16H,1-2,4,8-10,12-13H2,(H,28,30);1-3,7-9,11-13,16,25H,4-6,10,14-15H2,(H,24,27). The number of unbranched alkanes of at least 4 members (excludes halogenated alkanes) is 2. The van der Waals surface area contributed by atoms with Gasteiger partial charge in [-0.05, 0) is 97.9 Å². The number of pyridine rings is 2. The van der Waals surface area contributed by atoms with Crippen molar-refractivity contribution in [1.29, 1.82) is 0 Å². The summed E-state index contributed by atoms with van der Waals surface area (Å²) in [5.41, 5.74) is 2.04. The van der Waals surface area contributed by atoms with E-state index < -0.39 is 17.5 Å². The van der Waals surface area contributed by atoms with Gasteiger partial charge in [0.1, 0.15) is 5.69 Å². The van der Waals surface area contributed by atoms with Gasteiger partial charge in [0.25, 0.3) is 23.6 Å². The Kier molecular flexibility index (Phi) is 14.2. The van der Waals surface area contributed by atoms with Gasteiger partial charge >= 0.3 is 0 Å². The number of nitrogens with one attached hydrogen (secondary N) is 3. The van der Waals surface area contributed by atoms with Crippen molar-refractivity contribution in [2.75, 3.05) is 39.3 Å². The highest BCUT2D eigenvalue weighted by Gasteiger charge is 2.30. The molecule has 312 valence electrons. The van der Waals surface area contributed by atoms with Crippen molar-refractivity contribution in [3.05, 3.63) is 131 Å². The number of H-pyrrole nitrogens is 1. The van der Waals surface area contributed by atoms with Crippen LogP contribution in [0.25, 0.3) is 21.0 Å². The molecule has 0 spiro atoms. The van der Waals surface area contributed by atoms with Gasteiger partial charge in [-0.2, -0.15) is 0 Å². The van der Waals surface area contributed by atoms with Crippen molar-refractivity contribution in [1.82, 2.24) is 35.4 Å². The van der Waals surface area contributed by atoms with Crippen LogP contribution in [-0.4, -0.2) is 87.6 Å². The van der Waals surface area contributed by atoms with Gasteiger partial charge in [0.05, 0.1) is 15.1 Å². The second-order valence-electron chi connectivity index (χ2n) is 15.5. The number of carbonyl (C=O) groups is 4. The fraction of sp³-hybridized carbons (Fsp3) is 0.348. The Balaban J connectivity index is 0.000000183. The van der Waals surface area contributed by atoms with Crippen LogP contribution in [-0.2, 0) is 0 Å². The van der Waals surface area contributed by atoms with E-state index in [0.717, 1.165) is 97.1 Å². The highest BCUT2D eigenvalue weighted by Crippen LogP contribution is 2.27. The average molecular weight is 834 g/mol. The quantitative estimate of drug-likeness (QED) is 0.0945. The molecule has 2 aromatic carbocycles. The maximum absolute atomic E-state index is 13.9. The first-order valence-electron chi connectivity index (χ1n) is 20.6. The average Bonchev–Trinajstić information content (AvgIpc) is 3.91. The number of rotatable bonds is 14. The zero-order chi connectivity index (χ0) is 41.8. The molecule has 0 aliphatic carbocycles. The molecule has 60 heavy (non-hydrogen) atoms. The van der Waals surface area contributed by atoms with E-state index in [-0.39, 0.29) is 23.3 Å². The van der Waals surface area contributed by atoms with E-state index >= 15 is 0 Å². The third-order valence-corrected chi connectivity index (χ3v) is 12.3. The molecule has 4 amide bonds. The minimum absolute atomic E-state index is 0.0531. The van der Waals surface area contributed by atoms with E-state index in [4.69, 9.17) is 0 Å². The predicted octanol–water partition coefficient (Wildman–Crippen LogP) is 8.26. The van der Waals surface area contributed by atoms with Gasteiger partial charge in [0, 0.05) is 80.5 Å². The number of aromatic nitrogens is 3. The van der Waals surface area contributed by atoms with E-state index in [1.54, 1.807) is 29.7 Å². The molecule has 0 unspecified atom stereocenters. The number of halogens is 2. The second-order valence-corrected chi connectivity index (χ2v) is 16.5. The lowest BCUT2D eigenvalue weighted by Crippen LogP contribution is -2.49. The number of likely N-dealkylation sites (tertiary alicyclic amines) is 2. The molecule has 2 aliphatic heterocycles. The molecule has 0 atom stereocenters. The number of nitrogens with zero attached hydrogens (tertiary/aromatic N) is 4. The molecule has 14 heteroatoms. The lowest BCUT2D eigenvalue weighted by molar-refractivity contribution is 0.0480. The Hall–Kier alpha value is -6.02. The summed E-state index contributed by atoms with van der Waals surface area (Å²) in [7, 11) is 0. The topological polar surface area (TPSA) is 140 Å². The molecule has 4 aromatic heterocycles. The number of benzene rings is 2. The summed E-state index contributed by atoms with van der Waals surface area (Å²) >= 11 is 1.44. The number of hydrogen-bond donors (Lipinski definition) is 3. The first kappa shape index (κ1) is 42.1. The summed E-state index contributed by atoms with van der Waals surface area (Å²) in [5, 5.41) is 7.91. The molecule has 2 fully saturated rings. The third kappa shape index (κ3) is 10.8. The summed E-state index contributed by atoms with van der Waals surface area (Å²) in [5.74, 6) is -1.46. The summed E-state index contributed by atoms with van der Waals surface area (Å²) in [6, 6.07) is 20.6. The molecule has 0 bridgehead atoms. The van der Waals surface area contributed by atoms with Crippen LogP contribution >= 0.6 is 11.3 Å². The zero-order valence-electron chi connectivity index (χ0n) is 33.4. The molecule has 0 radical (unpaired) electrons. The van der Waals surface area contributed by atoms with Gasteiger partial charge in [0.15, 0.2) is 11.6 Å². The molecule has 2 saturated heterocycles. The summed E-state index contributed by atoms with van der Waals surface area (Å²) in [6.07, 6.45) is 14.6. The first-order valence-corrected chi connectivity index (χ1v) is 21.5. The van der Waals surface area contributed by atoms with E-state index in [0.29, 0.717) is 48.6 Å². The Morgan fingerprint density at radius 1 is 0.717 bits per heavy atom. The van der Waals surface area contributed by atoms with Crippen LogP contribution < -0.4 is 10.6 Å². The summed E-state index contributed by atoms with van der Waals surface area (Å²) in [6.45, 7) is 4.06. The molecular weight excluding hydrogens is 785 g/mol. The Labute approximate surface area is 351 Å². The number of thiophene rings is 1. The van der Waals surface area contributed by atoms with Gasteiger partial charge in [-0.3, -0.25) is 29.1 Å². The lowest BCUT2D eigenvalue weighted by Gasteiger charge is -2.39. The van der Waals surface area contributed by atoms with Gasteiger partial charge in [-0.25, -0.2) is 8.78 Å². The molecule has 8 rings (SSSR count). The maximum Gasteiger partial charge on any atom is 0.267 e. The van der Waals surface area contributed by atoms with Gasteiger partial charge in [0.2, 0.25) is 0 Å². The van der Waals surface area contributed by atoms with Gasteiger partial charge in [-0.15, -0.1) is 11.3 Å². The Morgan fingerprint density at radius 2 is 1.42 bits per heavy atom. The molecule has 2 aliphatic rings. The maximum atomic E-state index is 13.9. The highest BCUT2D eigenvalue weighted by atomic mass is 32.1. The summed E-state index contributed by atoms with van der Waals surface area (Å²) < 4.78 is 28.3. The number of piperidine rings is 1. The van der Waals surface area contributed by atoms with Crippen molar-refractivity contribution in [3.8, 4) is 0 Å². The fourth-order valence-corrected chi connectivity index (χ4v) is 8.68. The van der Waals surface area contributed by atoms with Crippen molar-refractivity contribution in [2.24, 2.45) is 11.8 Å².